The van der Waals surface area contributed by atoms with Crippen molar-refractivity contribution >= 4 is 17.4 Å². The predicted octanol–water partition coefficient (Wildman–Crippen LogP) is 3.50. The smallest absolute Gasteiger partial charge is 0.148 e. The molecular formula is C13H13ClFN3. The first-order valence-electron chi connectivity index (χ1n) is 5.54. The Kier molecular flexibility index (Phi) is 3.77. The first-order valence-corrected chi connectivity index (χ1v) is 5.92. The second-order valence-corrected chi connectivity index (χ2v) is 4.45. The molecular weight excluding hydrogens is 253 g/mol. The van der Waals surface area contributed by atoms with Gasteiger partial charge in [0.25, 0.3) is 0 Å². The Morgan fingerprint density at radius 2 is 2.11 bits per heavy atom. The van der Waals surface area contributed by atoms with Crippen LogP contribution >= 0.6 is 11.6 Å². The van der Waals surface area contributed by atoms with E-state index in [-0.39, 0.29) is 5.02 Å². The number of hydrogen-bond acceptors (Lipinski definition) is 3. The SMILES string of the molecule is Cc1cnc(C)c(NCc2ccc(F)c(Cl)c2)n1. The molecule has 2 rings (SSSR count). The summed E-state index contributed by atoms with van der Waals surface area (Å²) in [7, 11) is 0. The molecule has 0 unspecified atom stereocenters. The molecule has 0 amide bonds. The van der Waals surface area contributed by atoms with Gasteiger partial charge in [0.2, 0.25) is 0 Å². The van der Waals surface area contributed by atoms with Crippen molar-refractivity contribution in [3.05, 3.63) is 52.2 Å². The molecule has 2 aromatic rings. The summed E-state index contributed by atoms with van der Waals surface area (Å²) >= 11 is 5.72. The maximum Gasteiger partial charge on any atom is 0.148 e. The van der Waals surface area contributed by atoms with Crippen LogP contribution in [-0.2, 0) is 6.54 Å². The normalized spacial score (nSPS) is 10.4. The second kappa shape index (κ2) is 5.31. The lowest BCUT2D eigenvalue weighted by atomic mass is 10.2. The lowest BCUT2D eigenvalue weighted by Crippen LogP contribution is -2.05. The molecule has 5 heteroatoms. The highest BCUT2D eigenvalue weighted by Crippen LogP contribution is 2.17. The van der Waals surface area contributed by atoms with Crippen LogP contribution in [0, 0.1) is 19.7 Å². The standard InChI is InChI=1S/C13H13ClFN3/c1-8-6-16-9(2)13(18-8)17-7-10-3-4-12(15)11(14)5-10/h3-6H,7H2,1-2H3,(H,17,18). The van der Waals surface area contributed by atoms with Gasteiger partial charge in [-0.25, -0.2) is 9.37 Å². The molecule has 0 fully saturated rings. The van der Waals surface area contributed by atoms with Gasteiger partial charge >= 0.3 is 0 Å². The van der Waals surface area contributed by atoms with Crippen LogP contribution in [0.2, 0.25) is 5.02 Å². The summed E-state index contributed by atoms with van der Waals surface area (Å²) in [5.74, 6) is 0.322. The topological polar surface area (TPSA) is 37.8 Å². The number of anilines is 1. The molecule has 0 atom stereocenters. The molecule has 0 radical (unpaired) electrons. The molecule has 94 valence electrons. The average molecular weight is 266 g/mol. The summed E-state index contributed by atoms with van der Waals surface area (Å²) in [5, 5.41) is 3.29. The third-order valence-electron chi connectivity index (χ3n) is 2.52. The van der Waals surface area contributed by atoms with Crippen molar-refractivity contribution in [2.24, 2.45) is 0 Å². The monoisotopic (exact) mass is 265 g/mol. The van der Waals surface area contributed by atoms with Gasteiger partial charge in [-0.2, -0.15) is 0 Å². The zero-order valence-corrected chi connectivity index (χ0v) is 10.9. The molecule has 3 nitrogen and oxygen atoms in total. The molecule has 0 aliphatic carbocycles. The fourth-order valence-electron chi connectivity index (χ4n) is 1.54. The van der Waals surface area contributed by atoms with Gasteiger partial charge in [-0.15, -0.1) is 0 Å². The maximum absolute atomic E-state index is 13.0. The molecule has 18 heavy (non-hydrogen) atoms. The van der Waals surface area contributed by atoms with E-state index in [2.05, 4.69) is 15.3 Å². The van der Waals surface area contributed by atoms with Crippen molar-refractivity contribution < 1.29 is 4.39 Å². The van der Waals surface area contributed by atoms with E-state index in [9.17, 15) is 4.39 Å². The van der Waals surface area contributed by atoms with E-state index in [0.29, 0.717) is 6.54 Å². The molecule has 0 bridgehead atoms. The van der Waals surface area contributed by atoms with E-state index >= 15 is 0 Å². The van der Waals surface area contributed by atoms with Gasteiger partial charge in [0.05, 0.1) is 16.4 Å². The van der Waals surface area contributed by atoms with Gasteiger partial charge in [0, 0.05) is 12.7 Å². The highest BCUT2D eigenvalue weighted by atomic mass is 35.5. The molecule has 0 spiro atoms. The lowest BCUT2D eigenvalue weighted by Gasteiger charge is -2.09. The van der Waals surface area contributed by atoms with Crippen molar-refractivity contribution in [1.82, 2.24) is 9.97 Å². The summed E-state index contributed by atoms with van der Waals surface area (Å²) in [6.07, 6.45) is 1.72. The maximum atomic E-state index is 13.0. The molecule has 1 aromatic carbocycles. The quantitative estimate of drug-likeness (QED) is 0.923. The Balaban J connectivity index is 2.11. The molecule has 1 aromatic heterocycles. The van der Waals surface area contributed by atoms with Crippen molar-refractivity contribution in [1.29, 1.82) is 0 Å². The zero-order chi connectivity index (χ0) is 13.1. The number of nitrogens with one attached hydrogen (secondary N) is 1. The van der Waals surface area contributed by atoms with Crippen LogP contribution in [0.4, 0.5) is 10.2 Å². The van der Waals surface area contributed by atoms with E-state index in [1.165, 1.54) is 6.07 Å². The number of halogens is 2. The number of aromatic nitrogens is 2. The number of nitrogens with zero attached hydrogens (tertiary/aromatic N) is 2. The predicted molar refractivity (Wildman–Crippen MR) is 70.2 cm³/mol. The summed E-state index contributed by atoms with van der Waals surface area (Å²) in [4.78, 5) is 8.56. The van der Waals surface area contributed by atoms with E-state index in [1.807, 2.05) is 13.8 Å². The van der Waals surface area contributed by atoms with Gasteiger partial charge in [-0.1, -0.05) is 17.7 Å². The first-order chi connectivity index (χ1) is 8.56. The van der Waals surface area contributed by atoms with Gasteiger partial charge < -0.3 is 5.32 Å². The van der Waals surface area contributed by atoms with E-state index in [0.717, 1.165) is 22.8 Å². The van der Waals surface area contributed by atoms with Crippen molar-refractivity contribution in [3.8, 4) is 0 Å². The largest absolute Gasteiger partial charge is 0.364 e. The van der Waals surface area contributed by atoms with E-state index < -0.39 is 5.82 Å². The third-order valence-corrected chi connectivity index (χ3v) is 2.81. The van der Waals surface area contributed by atoms with Crippen LogP contribution in [-0.4, -0.2) is 9.97 Å². The number of hydrogen-bond donors (Lipinski definition) is 1. The van der Waals surface area contributed by atoms with Crippen molar-refractivity contribution in [2.45, 2.75) is 20.4 Å². The number of rotatable bonds is 3. The van der Waals surface area contributed by atoms with Gasteiger partial charge in [-0.3, -0.25) is 4.98 Å². The Morgan fingerprint density at radius 3 is 2.83 bits per heavy atom. The summed E-state index contributed by atoms with van der Waals surface area (Å²) in [6, 6.07) is 4.64. The fourth-order valence-corrected chi connectivity index (χ4v) is 1.74. The van der Waals surface area contributed by atoms with Crippen LogP contribution in [0.15, 0.2) is 24.4 Å². The first kappa shape index (κ1) is 12.8. The summed E-state index contributed by atoms with van der Waals surface area (Å²) < 4.78 is 13.0. The van der Waals surface area contributed by atoms with Crippen LogP contribution < -0.4 is 5.32 Å². The minimum Gasteiger partial charge on any atom is -0.364 e. The minimum atomic E-state index is -0.410. The number of aryl methyl sites for hydroxylation is 2. The second-order valence-electron chi connectivity index (χ2n) is 4.05. The molecule has 0 aliphatic rings. The third kappa shape index (κ3) is 2.96. The molecule has 0 saturated carbocycles. The zero-order valence-electron chi connectivity index (χ0n) is 10.2. The van der Waals surface area contributed by atoms with Crippen LogP contribution in [0.5, 0.6) is 0 Å². The Morgan fingerprint density at radius 1 is 1.33 bits per heavy atom. The highest BCUT2D eigenvalue weighted by Gasteiger charge is 2.04. The van der Waals surface area contributed by atoms with Crippen LogP contribution in [0.25, 0.3) is 0 Å². The lowest BCUT2D eigenvalue weighted by molar-refractivity contribution is 0.627. The van der Waals surface area contributed by atoms with E-state index in [4.69, 9.17) is 11.6 Å². The van der Waals surface area contributed by atoms with Crippen molar-refractivity contribution in [3.63, 3.8) is 0 Å². The molecule has 1 N–H and O–H groups in total. The van der Waals surface area contributed by atoms with Gasteiger partial charge in [-0.05, 0) is 31.5 Å². The Labute approximate surface area is 110 Å². The number of benzene rings is 1. The van der Waals surface area contributed by atoms with E-state index in [1.54, 1.807) is 18.3 Å². The van der Waals surface area contributed by atoms with Crippen molar-refractivity contribution in [2.75, 3.05) is 5.32 Å². The van der Waals surface area contributed by atoms with Gasteiger partial charge in [0.15, 0.2) is 0 Å². The van der Waals surface area contributed by atoms with Gasteiger partial charge in [0.1, 0.15) is 11.6 Å². The summed E-state index contributed by atoms with van der Waals surface area (Å²) in [6.45, 7) is 4.29. The fraction of sp³-hybridized carbons (Fsp3) is 0.231. The Hall–Kier alpha value is -1.68. The van der Waals surface area contributed by atoms with Crippen LogP contribution in [0.1, 0.15) is 17.0 Å². The Bertz CT molecular complexity index is 572. The molecule has 0 saturated heterocycles. The van der Waals surface area contributed by atoms with Crippen LogP contribution in [0.3, 0.4) is 0 Å². The average Bonchev–Trinajstić information content (AvgIpc) is 2.34. The molecule has 1 heterocycles. The highest BCUT2D eigenvalue weighted by molar-refractivity contribution is 6.30. The summed E-state index contributed by atoms with van der Waals surface area (Å²) in [5.41, 5.74) is 2.57. The molecule has 0 aliphatic heterocycles. The minimum absolute atomic E-state index is 0.126.